The Morgan fingerprint density at radius 2 is 2.53 bits per heavy atom. The van der Waals surface area contributed by atoms with Crippen LogP contribution in [0.1, 0.15) is 6.42 Å². The molecule has 2 amide bonds. The number of nitrogens with one attached hydrogen (secondary N) is 1. The lowest BCUT2D eigenvalue weighted by Gasteiger charge is -2.26. The van der Waals surface area contributed by atoms with Gasteiger partial charge in [-0.1, -0.05) is 0 Å². The molecule has 0 spiro atoms. The molecule has 1 unspecified atom stereocenters. The number of rotatable bonds is 3. The van der Waals surface area contributed by atoms with Crippen molar-refractivity contribution in [1.29, 1.82) is 5.26 Å². The molecule has 3 N–H and O–H groups in total. The zero-order valence-electron chi connectivity index (χ0n) is 9.70. The van der Waals surface area contributed by atoms with E-state index in [1.54, 1.807) is 12.1 Å². The number of fused-ring (bicyclic) bond motifs is 1. The summed E-state index contributed by atoms with van der Waals surface area (Å²) in [6, 6.07) is 3.31. The number of aromatic nitrogens is 1. The van der Waals surface area contributed by atoms with Crippen LogP contribution in [0.15, 0.2) is 18.5 Å². The molecule has 0 bridgehead atoms. The first-order valence-corrected chi connectivity index (χ1v) is 5.37. The first-order chi connectivity index (χ1) is 9.10. The number of ether oxygens (including phenoxy) is 2. The van der Waals surface area contributed by atoms with Crippen molar-refractivity contribution in [3.05, 3.63) is 18.5 Å². The minimum Gasteiger partial charge on any atom is -0.478 e. The summed E-state index contributed by atoms with van der Waals surface area (Å²) in [5.74, 6) is 0.00388. The Balaban J connectivity index is 2.08. The second kappa shape index (κ2) is 5.22. The van der Waals surface area contributed by atoms with Crippen molar-refractivity contribution >= 4 is 17.7 Å². The molecule has 1 aromatic heterocycles. The minimum absolute atomic E-state index is 0.104. The maximum absolute atomic E-state index is 11.7. The molecule has 1 aromatic rings. The number of hydrogen-bond donors (Lipinski definition) is 2. The highest BCUT2D eigenvalue weighted by atomic mass is 16.6. The average molecular weight is 262 g/mol. The summed E-state index contributed by atoms with van der Waals surface area (Å²) in [5, 5.41) is 11.4. The van der Waals surface area contributed by atoms with Crippen molar-refractivity contribution in [1.82, 2.24) is 4.98 Å². The SMILES string of the molecule is N#CC(C[C@@H]1Oc2ccncc2NC1=O)OC(N)=O. The lowest BCUT2D eigenvalue weighted by atomic mass is 10.1. The molecule has 1 aliphatic rings. The van der Waals surface area contributed by atoms with E-state index < -0.39 is 24.2 Å². The fourth-order valence-electron chi connectivity index (χ4n) is 1.62. The molecular weight excluding hydrogens is 252 g/mol. The van der Waals surface area contributed by atoms with E-state index in [0.29, 0.717) is 11.4 Å². The molecule has 2 rings (SSSR count). The van der Waals surface area contributed by atoms with Gasteiger partial charge in [0.15, 0.2) is 12.2 Å². The van der Waals surface area contributed by atoms with Crippen LogP contribution in [0, 0.1) is 11.3 Å². The summed E-state index contributed by atoms with van der Waals surface area (Å²) in [5.41, 5.74) is 5.28. The summed E-state index contributed by atoms with van der Waals surface area (Å²) in [7, 11) is 0. The predicted octanol–water partition coefficient (Wildman–Crippen LogP) is 0.159. The third-order valence-electron chi connectivity index (χ3n) is 2.43. The van der Waals surface area contributed by atoms with Gasteiger partial charge in [0.1, 0.15) is 17.5 Å². The van der Waals surface area contributed by atoms with E-state index in [-0.39, 0.29) is 6.42 Å². The maximum atomic E-state index is 11.7. The Labute approximate surface area is 108 Å². The minimum atomic E-state index is -1.14. The number of carbonyl (C=O) groups is 2. The van der Waals surface area contributed by atoms with Crippen LogP contribution in [0.4, 0.5) is 10.5 Å². The third-order valence-corrected chi connectivity index (χ3v) is 2.43. The van der Waals surface area contributed by atoms with Gasteiger partial charge >= 0.3 is 6.09 Å². The smallest absolute Gasteiger partial charge is 0.405 e. The van der Waals surface area contributed by atoms with Gasteiger partial charge in [-0.2, -0.15) is 5.26 Å². The molecule has 0 aliphatic carbocycles. The highest BCUT2D eigenvalue weighted by Gasteiger charge is 2.31. The zero-order chi connectivity index (χ0) is 13.8. The first-order valence-electron chi connectivity index (χ1n) is 5.37. The lowest BCUT2D eigenvalue weighted by molar-refractivity contribution is -0.124. The Bertz CT molecular complexity index is 554. The number of anilines is 1. The fraction of sp³-hybridized carbons (Fsp3) is 0.273. The van der Waals surface area contributed by atoms with Gasteiger partial charge in [-0.3, -0.25) is 9.78 Å². The van der Waals surface area contributed by atoms with Crippen molar-refractivity contribution in [2.24, 2.45) is 5.73 Å². The van der Waals surface area contributed by atoms with Crippen molar-refractivity contribution in [2.45, 2.75) is 18.6 Å². The highest BCUT2D eigenvalue weighted by molar-refractivity contribution is 5.97. The van der Waals surface area contributed by atoms with E-state index in [1.165, 1.54) is 12.4 Å². The van der Waals surface area contributed by atoms with E-state index in [4.69, 9.17) is 15.7 Å². The second-order valence-electron chi connectivity index (χ2n) is 3.76. The van der Waals surface area contributed by atoms with Gasteiger partial charge in [-0.25, -0.2) is 4.79 Å². The normalized spacial score (nSPS) is 18.3. The van der Waals surface area contributed by atoms with E-state index in [1.807, 2.05) is 0 Å². The van der Waals surface area contributed by atoms with Gasteiger partial charge in [0.05, 0.1) is 6.20 Å². The van der Waals surface area contributed by atoms with Gasteiger partial charge in [-0.15, -0.1) is 0 Å². The van der Waals surface area contributed by atoms with Gasteiger partial charge in [-0.05, 0) is 0 Å². The first kappa shape index (κ1) is 12.6. The van der Waals surface area contributed by atoms with Crippen LogP contribution in [0.25, 0.3) is 0 Å². The molecule has 1 aliphatic heterocycles. The molecule has 2 atom stereocenters. The maximum Gasteiger partial charge on any atom is 0.405 e. The molecule has 0 radical (unpaired) electrons. The quantitative estimate of drug-likeness (QED) is 0.798. The molecule has 8 heteroatoms. The summed E-state index contributed by atoms with van der Waals surface area (Å²) in [4.78, 5) is 26.2. The third kappa shape index (κ3) is 2.90. The number of hydrogen-bond acceptors (Lipinski definition) is 6. The summed E-state index contributed by atoms with van der Waals surface area (Å²) in [6.07, 6.45) is -0.296. The van der Waals surface area contributed by atoms with E-state index >= 15 is 0 Å². The van der Waals surface area contributed by atoms with E-state index in [0.717, 1.165) is 0 Å². The van der Waals surface area contributed by atoms with E-state index in [9.17, 15) is 9.59 Å². The topological polar surface area (TPSA) is 127 Å². The Hall–Kier alpha value is -2.82. The Kier molecular flexibility index (Phi) is 3.47. The van der Waals surface area contributed by atoms with Crippen LogP contribution >= 0.6 is 0 Å². The molecule has 98 valence electrons. The number of nitriles is 1. The number of carbonyl (C=O) groups excluding carboxylic acids is 2. The number of amides is 2. The number of nitrogens with zero attached hydrogens (tertiary/aromatic N) is 2. The fourth-order valence-corrected chi connectivity index (χ4v) is 1.62. The second-order valence-corrected chi connectivity index (χ2v) is 3.76. The number of primary amides is 1. The van der Waals surface area contributed by atoms with Crippen LogP contribution < -0.4 is 15.8 Å². The highest BCUT2D eigenvalue weighted by Crippen LogP contribution is 2.29. The number of nitrogens with two attached hydrogens (primary N) is 1. The lowest BCUT2D eigenvalue weighted by Crippen LogP contribution is -2.40. The zero-order valence-corrected chi connectivity index (χ0v) is 9.70. The Morgan fingerprint density at radius 1 is 1.74 bits per heavy atom. The van der Waals surface area contributed by atoms with Gasteiger partial charge in [0, 0.05) is 18.7 Å². The molecule has 0 saturated heterocycles. The van der Waals surface area contributed by atoms with Crippen LogP contribution in [0.2, 0.25) is 0 Å². The molecular formula is C11H10N4O4. The average Bonchev–Trinajstić information content (AvgIpc) is 2.38. The van der Waals surface area contributed by atoms with Crippen LogP contribution in [-0.2, 0) is 9.53 Å². The van der Waals surface area contributed by atoms with Gasteiger partial charge in [0.2, 0.25) is 0 Å². The molecule has 8 nitrogen and oxygen atoms in total. The summed E-state index contributed by atoms with van der Waals surface area (Å²) in [6.45, 7) is 0. The monoisotopic (exact) mass is 262 g/mol. The largest absolute Gasteiger partial charge is 0.478 e. The molecule has 0 aromatic carbocycles. The molecule has 2 heterocycles. The number of pyridine rings is 1. The summed E-state index contributed by atoms with van der Waals surface area (Å²) < 4.78 is 9.97. The van der Waals surface area contributed by atoms with Gasteiger partial charge < -0.3 is 20.5 Å². The van der Waals surface area contributed by atoms with Crippen LogP contribution in [-0.4, -0.2) is 29.2 Å². The predicted molar refractivity (Wildman–Crippen MR) is 62.0 cm³/mol. The molecule has 19 heavy (non-hydrogen) atoms. The summed E-state index contributed by atoms with van der Waals surface area (Å²) >= 11 is 0. The van der Waals surface area contributed by atoms with Crippen molar-refractivity contribution < 1.29 is 19.1 Å². The molecule has 0 fully saturated rings. The standard InChI is InChI=1S/C11H10N4O4/c12-4-6(18-11(13)17)3-9-10(16)15-7-5-14-2-1-8(7)19-9/h1-2,5-6,9H,3H2,(H2,13,17)(H,15,16)/t6?,9-/m0/s1. The van der Waals surface area contributed by atoms with Crippen LogP contribution in [0.3, 0.4) is 0 Å². The van der Waals surface area contributed by atoms with Crippen molar-refractivity contribution in [3.63, 3.8) is 0 Å². The van der Waals surface area contributed by atoms with Crippen molar-refractivity contribution in [3.8, 4) is 11.8 Å². The molecule has 0 saturated carbocycles. The van der Waals surface area contributed by atoms with Crippen molar-refractivity contribution in [2.75, 3.05) is 5.32 Å². The Morgan fingerprint density at radius 3 is 3.21 bits per heavy atom. The van der Waals surface area contributed by atoms with Gasteiger partial charge in [0.25, 0.3) is 5.91 Å². The van der Waals surface area contributed by atoms with E-state index in [2.05, 4.69) is 15.0 Å². The van der Waals surface area contributed by atoms with Crippen LogP contribution in [0.5, 0.6) is 5.75 Å².